The van der Waals surface area contributed by atoms with Crippen LogP contribution in [0.5, 0.6) is 0 Å². The van der Waals surface area contributed by atoms with E-state index < -0.39 is 0 Å². The van der Waals surface area contributed by atoms with Gasteiger partial charge in [-0.1, -0.05) is 6.92 Å². The fourth-order valence-electron chi connectivity index (χ4n) is 1.70. The van der Waals surface area contributed by atoms with Crippen molar-refractivity contribution in [3.8, 4) is 0 Å². The molecule has 0 bridgehead atoms. The monoisotopic (exact) mass is 341 g/mol. The number of urea groups is 1. The Morgan fingerprint density at radius 1 is 1.55 bits per heavy atom. The summed E-state index contributed by atoms with van der Waals surface area (Å²) in [4.78, 5) is 16.0. The standard InChI is InChI=1S/C12H16BrN5O2/c1-3-9(7-20-2)14-12(19)16-11-15-10-5-4-8(13)6-18(10)17-11/h4-6,9H,3,7H2,1-2H3,(H2,14,16,17,19)/t9-/m0/s1. The van der Waals surface area contributed by atoms with Gasteiger partial charge in [-0.3, -0.25) is 5.32 Å². The fraction of sp³-hybridized carbons (Fsp3) is 0.417. The lowest BCUT2D eigenvalue weighted by molar-refractivity contribution is 0.165. The number of pyridine rings is 1. The summed E-state index contributed by atoms with van der Waals surface area (Å²) < 4.78 is 7.50. The molecular formula is C12H16BrN5O2. The molecule has 20 heavy (non-hydrogen) atoms. The number of carbonyl (C=O) groups excluding carboxylic acids is 1. The molecular weight excluding hydrogens is 326 g/mol. The molecule has 2 aromatic heterocycles. The highest BCUT2D eigenvalue weighted by molar-refractivity contribution is 9.10. The van der Waals surface area contributed by atoms with E-state index in [9.17, 15) is 4.79 Å². The van der Waals surface area contributed by atoms with Gasteiger partial charge < -0.3 is 10.1 Å². The van der Waals surface area contributed by atoms with Gasteiger partial charge in [0.1, 0.15) is 0 Å². The first-order valence-electron chi connectivity index (χ1n) is 6.20. The first kappa shape index (κ1) is 14.7. The van der Waals surface area contributed by atoms with E-state index in [-0.39, 0.29) is 18.0 Å². The average Bonchev–Trinajstić information content (AvgIpc) is 2.79. The highest BCUT2D eigenvalue weighted by Crippen LogP contribution is 2.12. The topological polar surface area (TPSA) is 80.5 Å². The summed E-state index contributed by atoms with van der Waals surface area (Å²) in [7, 11) is 1.60. The second kappa shape index (κ2) is 6.67. The molecule has 0 fully saturated rings. The van der Waals surface area contributed by atoms with Crippen LogP contribution in [0.1, 0.15) is 13.3 Å². The van der Waals surface area contributed by atoms with Crippen LogP contribution in [0.3, 0.4) is 0 Å². The SMILES string of the molecule is CC[C@@H](COC)NC(=O)Nc1nc2ccc(Br)cn2n1. The Kier molecular flexibility index (Phi) is 4.91. The van der Waals surface area contributed by atoms with Crippen molar-refractivity contribution in [2.75, 3.05) is 19.0 Å². The number of nitrogens with zero attached hydrogens (tertiary/aromatic N) is 3. The molecule has 108 valence electrons. The molecule has 0 unspecified atom stereocenters. The summed E-state index contributed by atoms with van der Waals surface area (Å²) in [6.07, 6.45) is 2.55. The van der Waals surface area contributed by atoms with Crippen LogP contribution >= 0.6 is 15.9 Å². The van der Waals surface area contributed by atoms with Crippen molar-refractivity contribution < 1.29 is 9.53 Å². The lowest BCUT2D eigenvalue weighted by Gasteiger charge is -2.15. The zero-order valence-corrected chi connectivity index (χ0v) is 12.8. The van der Waals surface area contributed by atoms with Crippen molar-refractivity contribution in [1.82, 2.24) is 19.9 Å². The van der Waals surface area contributed by atoms with Gasteiger partial charge >= 0.3 is 6.03 Å². The van der Waals surface area contributed by atoms with Crippen molar-refractivity contribution in [2.24, 2.45) is 0 Å². The second-order valence-corrected chi connectivity index (χ2v) is 5.16. The van der Waals surface area contributed by atoms with Crippen molar-refractivity contribution >= 4 is 33.6 Å². The number of ether oxygens (including phenoxy) is 1. The summed E-state index contributed by atoms with van der Waals surface area (Å²) in [5.74, 6) is 0.257. The van der Waals surface area contributed by atoms with Gasteiger partial charge in [0.05, 0.1) is 12.6 Å². The quantitative estimate of drug-likeness (QED) is 0.871. The predicted octanol–water partition coefficient (Wildman–Crippen LogP) is 2.04. The molecule has 2 N–H and O–H groups in total. The Balaban J connectivity index is 2.02. The van der Waals surface area contributed by atoms with Crippen LogP contribution in [0.25, 0.3) is 5.65 Å². The van der Waals surface area contributed by atoms with Crippen molar-refractivity contribution in [1.29, 1.82) is 0 Å². The van der Waals surface area contributed by atoms with Gasteiger partial charge in [0.2, 0.25) is 0 Å². The van der Waals surface area contributed by atoms with E-state index in [1.807, 2.05) is 13.0 Å². The zero-order chi connectivity index (χ0) is 14.5. The highest BCUT2D eigenvalue weighted by atomic mass is 79.9. The molecule has 0 aliphatic carbocycles. The van der Waals surface area contributed by atoms with Crippen LogP contribution in [0.2, 0.25) is 0 Å². The molecule has 0 radical (unpaired) electrons. The van der Waals surface area contributed by atoms with Crippen molar-refractivity contribution in [3.05, 3.63) is 22.8 Å². The Hall–Kier alpha value is -1.67. The third-order valence-corrected chi connectivity index (χ3v) is 3.19. The van der Waals surface area contributed by atoms with Gasteiger partial charge in [0, 0.05) is 17.8 Å². The minimum Gasteiger partial charge on any atom is -0.383 e. The molecule has 0 saturated carbocycles. The van der Waals surface area contributed by atoms with Crippen molar-refractivity contribution in [2.45, 2.75) is 19.4 Å². The number of aromatic nitrogens is 3. The average molecular weight is 342 g/mol. The lowest BCUT2D eigenvalue weighted by Crippen LogP contribution is -2.40. The van der Waals surface area contributed by atoms with E-state index in [4.69, 9.17) is 4.74 Å². The number of rotatable bonds is 5. The maximum absolute atomic E-state index is 11.8. The number of anilines is 1. The maximum atomic E-state index is 11.8. The second-order valence-electron chi connectivity index (χ2n) is 4.24. The molecule has 8 heteroatoms. The molecule has 7 nitrogen and oxygen atoms in total. The Bertz CT molecular complexity index is 601. The van der Waals surface area contributed by atoms with Gasteiger partial charge in [-0.2, -0.15) is 4.98 Å². The first-order valence-corrected chi connectivity index (χ1v) is 7.00. The van der Waals surface area contributed by atoms with Gasteiger partial charge in [-0.15, -0.1) is 5.10 Å². The smallest absolute Gasteiger partial charge is 0.321 e. The summed E-state index contributed by atoms with van der Waals surface area (Å²) >= 11 is 3.35. The molecule has 0 aliphatic rings. The molecule has 1 atom stereocenters. The normalized spacial score (nSPS) is 12.3. The van der Waals surface area contributed by atoms with Crippen LogP contribution in [-0.4, -0.2) is 40.4 Å². The third kappa shape index (κ3) is 3.67. The van der Waals surface area contributed by atoms with E-state index >= 15 is 0 Å². The molecule has 0 aliphatic heterocycles. The molecule has 0 spiro atoms. The van der Waals surface area contributed by atoms with Crippen LogP contribution in [-0.2, 0) is 4.74 Å². The van der Waals surface area contributed by atoms with Gasteiger partial charge in [0.15, 0.2) is 5.65 Å². The molecule has 0 aromatic carbocycles. The zero-order valence-electron chi connectivity index (χ0n) is 11.3. The third-order valence-electron chi connectivity index (χ3n) is 2.72. The minimum atomic E-state index is -0.344. The van der Waals surface area contributed by atoms with E-state index in [0.29, 0.717) is 12.3 Å². The van der Waals surface area contributed by atoms with E-state index in [2.05, 4.69) is 36.6 Å². The summed E-state index contributed by atoms with van der Waals surface area (Å²) in [6.45, 7) is 2.44. The van der Waals surface area contributed by atoms with E-state index in [1.54, 1.807) is 23.9 Å². The molecule has 0 saturated heterocycles. The maximum Gasteiger partial charge on any atom is 0.321 e. The molecule has 2 heterocycles. The van der Waals surface area contributed by atoms with Crippen LogP contribution in [0.4, 0.5) is 10.7 Å². The van der Waals surface area contributed by atoms with E-state index in [0.717, 1.165) is 10.9 Å². The first-order chi connectivity index (χ1) is 9.62. The summed E-state index contributed by atoms with van der Waals surface area (Å²) in [6, 6.07) is 3.29. The minimum absolute atomic E-state index is 0.0359. The van der Waals surface area contributed by atoms with Gasteiger partial charge in [0.25, 0.3) is 5.95 Å². The van der Waals surface area contributed by atoms with Gasteiger partial charge in [-0.25, -0.2) is 9.31 Å². The lowest BCUT2D eigenvalue weighted by atomic mass is 10.2. The number of nitrogens with one attached hydrogen (secondary N) is 2. The van der Waals surface area contributed by atoms with E-state index in [1.165, 1.54) is 0 Å². The summed E-state index contributed by atoms with van der Waals surface area (Å²) in [5, 5.41) is 9.57. The molecule has 2 rings (SSSR count). The number of hydrogen-bond acceptors (Lipinski definition) is 4. The van der Waals surface area contributed by atoms with Crippen molar-refractivity contribution in [3.63, 3.8) is 0 Å². The molecule has 2 amide bonds. The number of hydrogen-bond donors (Lipinski definition) is 2. The Labute approximate surface area is 124 Å². The predicted molar refractivity (Wildman–Crippen MR) is 78.8 cm³/mol. The van der Waals surface area contributed by atoms with Crippen LogP contribution in [0.15, 0.2) is 22.8 Å². The largest absolute Gasteiger partial charge is 0.383 e. The van der Waals surface area contributed by atoms with Gasteiger partial charge in [-0.05, 0) is 34.5 Å². The highest BCUT2D eigenvalue weighted by Gasteiger charge is 2.12. The number of fused-ring (bicyclic) bond motifs is 1. The number of amides is 2. The summed E-state index contributed by atoms with van der Waals surface area (Å²) in [5.41, 5.74) is 0.660. The Morgan fingerprint density at radius 3 is 3.05 bits per heavy atom. The fourth-order valence-corrected chi connectivity index (χ4v) is 2.02. The number of carbonyl (C=O) groups is 1. The van der Waals surface area contributed by atoms with Crippen LogP contribution < -0.4 is 10.6 Å². The Morgan fingerprint density at radius 2 is 2.35 bits per heavy atom. The number of halogens is 1. The molecule has 2 aromatic rings. The van der Waals surface area contributed by atoms with Crippen LogP contribution in [0, 0.1) is 0 Å². The number of methoxy groups -OCH3 is 1.